The minimum Gasteiger partial charge on any atom is -0.506 e. The maximum atomic E-state index is 12.4. The first kappa shape index (κ1) is 18.0. The summed E-state index contributed by atoms with van der Waals surface area (Å²) in [5.41, 5.74) is 1.94. The molecular weight excluding hydrogens is 352 g/mol. The Kier molecular flexibility index (Phi) is 5.27. The van der Waals surface area contributed by atoms with Crippen molar-refractivity contribution in [1.29, 1.82) is 0 Å². The smallest absolute Gasteiger partial charge is 0.257 e. The molecule has 1 amide bonds. The minimum absolute atomic E-state index is 0.0664. The first-order chi connectivity index (χ1) is 12.5. The fraction of sp³-hybridized carbons (Fsp3) is 0.263. The third kappa shape index (κ3) is 3.88. The van der Waals surface area contributed by atoms with Gasteiger partial charge in [-0.3, -0.25) is 10.1 Å². The Balaban J connectivity index is 1.68. The number of hydrogen-bond donors (Lipinski definition) is 3. The van der Waals surface area contributed by atoms with Crippen molar-refractivity contribution >= 4 is 28.9 Å². The van der Waals surface area contributed by atoms with E-state index in [0.717, 1.165) is 12.0 Å². The van der Waals surface area contributed by atoms with Crippen LogP contribution in [0.3, 0.4) is 0 Å². The Morgan fingerprint density at radius 3 is 2.77 bits per heavy atom. The number of phenols is 1. The Morgan fingerprint density at radius 1 is 1.23 bits per heavy atom. The SMILES string of the molecule is CCC(C)c1ccc(O)c(NC(=S)NC(=O)c2ccc3c(c2)OCO3)c1. The van der Waals surface area contributed by atoms with Gasteiger partial charge in [-0.25, -0.2) is 0 Å². The van der Waals surface area contributed by atoms with Crippen molar-refractivity contribution in [3.63, 3.8) is 0 Å². The normalized spacial score (nSPS) is 13.2. The fourth-order valence-corrected chi connectivity index (χ4v) is 2.77. The molecule has 0 bridgehead atoms. The summed E-state index contributed by atoms with van der Waals surface area (Å²) in [5, 5.41) is 15.6. The number of phenolic OH excluding ortho intramolecular Hbond substituents is 1. The van der Waals surface area contributed by atoms with Gasteiger partial charge in [0.05, 0.1) is 5.69 Å². The van der Waals surface area contributed by atoms with Crippen molar-refractivity contribution in [3.05, 3.63) is 47.5 Å². The molecule has 2 aromatic rings. The van der Waals surface area contributed by atoms with Crippen LogP contribution >= 0.6 is 12.2 Å². The molecule has 3 N–H and O–H groups in total. The van der Waals surface area contributed by atoms with Crippen LogP contribution in [0.4, 0.5) is 5.69 Å². The number of hydrogen-bond acceptors (Lipinski definition) is 5. The van der Waals surface area contributed by atoms with Crippen LogP contribution in [0.5, 0.6) is 17.2 Å². The zero-order chi connectivity index (χ0) is 18.7. The van der Waals surface area contributed by atoms with Gasteiger partial charge in [0.15, 0.2) is 16.6 Å². The molecule has 0 radical (unpaired) electrons. The van der Waals surface area contributed by atoms with Gasteiger partial charge in [0.25, 0.3) is 5.91 Å². The number of carbonyl (C=O) groups is 1. The standard InChI is InChI=1S/C19H20N2O4S/c1-3-11(2)12-4-6-15(22)14(8-12)20-19(26)21-18(23)13-5-7-16-17(9-13)25-10-24-16/h4-9,11,22H,3,10H2,1-2H3,(H2,20,21,23,26). The monoisotopic (exact) mass is 372 g/mol. The second-order valence-electron chi connectivity index (χ2n) is 6.06. The summed E-state index contributed by atoms with van der Waals surface area (Å²) in [7, 11) is 0. The predicted molar refractivity (Wildman–Crippen MR) is 103 cm³/mol. The summed E-state index contributed by atoms with van der Waals surface area (Å²) in [6, 6.07) is 10.2. The molecule has 0 fully saturated rings. The van der Waals surface area contributed by atoms with Crippen molar-refractivity contribution in [2.75, 3.05) is 12.1 Å². The van der Waals surface area contributed by atoms with E-state index in [1.165, 1.54) is 0 Å². The predicted octanol–water partition coefficient (Wildman–Crippen LogP) is 3.76. The molecule has 136 valence electrons. The highest BCUT2D eigenvalue weighted by atomic mass is 32.1. The van der Waals surface area contributed by atoms with Gasteiger partial charge in [-0.1, -0.05) is 19.9 Å². The van der Waals surface area contributed by atoms with Gasteiger partial charge in [-0.05, 0) is 60.5 Å². The van der Waals surface area contributed by atoms with Gasteiger partial charge in [0.1, 0.15) is 5.75 Å². The van der Waals surface area contributed by atoms with Crippen LogP contribution in [-0.4, -0.2) is 22.9 Å². The maximum Gasteiger partial charge on any atom is 0.257 e. The first-order valence-corrected chi connectivity index (χ1v) is 8.73. The van der Waals surface area contributed by atoms with E-state index in [2.05, 4.69) is 24.5 Å². The largest absolute Gasteiger partial charge is 0.506 e. The molecule has 26 heavy (non-hydrogen) atoms. The second kappa shape index (κ2) is 7.61. The summed E-state index contributed by atoms with van der Waals surface area (Å²) < 4.78 is 10.5. The Morgan fingerprint density at radius 2 is 2.00 bits per heavy atom. The molecule has 1 heterocycles. The molecule has 1 unspecified atom stereocenters. The summed E-state index contributed by atoms with van der Waals surface area (Å²) >= 11 is 5.20. The molecular formula is C19H20N2O4S. The zero-order valence-electron chi connectivity index (χ0n) is 14.5. The Hall–Kier alpha value is -2.80. The van der Waals surface area contributed by atoms with Crippen LogP contribution in [-0.2, 0) is 0 Å². The van der Waals surface area contributed by atoms with Crippen molar-refractivity contribution < 1.29 is 19.4 Å². The summed E-state index contributed by atoms with van der Waals surface area (Å²) in [4.78, 5) is 12.4. The van der Waals surface area contributed by atoms with E-state index < -0.39 is 0 Å². The number of benzene rings is 2. The highest BCUT2D eigenvalue weighted by Crippen LogP contribution is 2.32. The summed E-state index contributed by atoms with van der Waals surface area (Å²) in [6.45, 7) is 4.35. The highest BCUT2D eigenvalue weighted by Gasteiger charge is 2.17. The van der Waals surface area contributed by atoms with Gasteiger partial charge < -0.3 is 19.9 Å². The zero-order valence-corrected chi connectivity index (χ0v) is 15.4. The van der Waals surface area contributed by atoms with E-state index in [1.54, 1.807) is 24.3 Å². The molecule has 2 aromatic carbocycles. The molecule has 0 aliphatic carbocycles. The van der Waals surface area contributed by atoms with E-state index >= 15 is 0 Å². The molecule has 0 saturated heterocycles. The van der Waals surface area contributed by atoms with Gasteiger partial charge in [-0.15, -0.1) is 0 Å². The average Bonchev–Trinajstić information content (AvgIpc) is 3.10. The molecule has 1 aliphatic rings. The van der Waals surface area contributed by atoms with Crippen molar-refractivity contribution in [3.8, 4) is 17.2 Å². The van der Waals surface area contributed by atoms with Gasteiger partial charge in [0.2, 0.25) is 6.79 Å². The van der Waals surface area contributed by atoms with Crippen LogP contribution in [0.1, 0.15) is 42.1 Å². The number of nitrogens with one attached hydrogen (secondary N) is 2. The van der Waals surface area contributed by atoms with Crippen LogP contribution in [0.15, 0.2) is 36.4 Å². The van der Waals surface area contributed by atoms with E-state index in [-0.39, 0.29) is 23.6 Å². The number of amides is 1. The maximum absolute atomic E-state index is 12.4. The van der Waals surface area contributed by atoms with Gasteiger partial charge >= 0.3 is 0 Å². The lowest BCUT2D eigenvalue weighted by molar-refractivity contribution is 0.0977. The number of carbonyl (C=O) groups excluding carboxylic acids is 1. The van der Waals surface area contributed by atoms with E-state index in [0.29, 0.717) is 28.7 Å². The van der Waals surface area contributed by atoms with Crippen LogP contribution in [0, 0.1) is 0 Å². The molecule has 0 aromatic heterocycles. The van der Waals surface area contributed by atoms with Crippen molar-refractivity contribution in [2.24, 2.45) is 0 Å². The third-order valence-electron chi connectivity index (χ3n) is 4.31. The molecule has 3 rings (SSSR count). The van der Waals surface area contributed by atoms with Crippen LogP contribution in [0.25, 0.3) is 0 Å². The van der Waals surface area contributed by atoms with Crippen LogP contribution < -0.4 is 20.1 Å². The number of rotatable bonds is 4. The van der Waals surface area contributed by atoms with Gasteiger partial charge in [-0.2, -0.15) is 0 Å². The van der Waals surface area contributed by atoms with Crippen LogP contribution in [0.2, 0.25) is 0 Å². The molecule has 1 atom stereocenters. The molecule has 0 saturated carbocycles. The number of ether oxygens (including phenoxy) is 2. The Bertz CT molecular complexity index is 853. The lowest BCUT2D eigenvalue weighted by Crippen LogP contribution is -2.34. The highest BCUT2D eigenvalue weighted by molar-refractivity contribution is 7.80. The molecule has 1 aliphatic heterocycles. The lowest BCUT2D eigenvalue weighted by Gasteiger charge is -2.15. The summed E-state index contributed by atoms with van der Waals surface area (Å²) in [6.07, 6.45) is 0.982. The van der Waals surface area contributed by atoms with E-state index in [4.69, 9.17) is 21.7 Å². The van der Waals surface area contributed by atoms with Gasteiger partial charge in [0, 0.05) is 5.56 Å². The van der Waals surface area contributed by atoms with Crippen molar-refractivity contribution in [2.45, 2.75) is 26.2 Å². The fourth-order valence-electron chi connectivity index (χ4n) is 2.56. The molecule has 7 heteroatoms. The minimum atomic E-state index is -0.377. The third-order valence-corrected chi connectivity index (χ3v) is 4.52. The van der Waals surface area contributed by atoms with E-state index in [1.807, 2.05) is 12.1 Å². The Labute approximate surface area is 157 Å². The van der Waals surface area contributed by atoms with E-state index in [9.17, 15) is 9.90 Å². The molecule has 6 nitrogen and oxygen atoms in total. The topological polar surface area (TPSA) is 79.8 Å². The second-order valence-corrected chi connectivity index (χ2v) is 6.47. The molecule has 0 spiro atoms. The quantitative estimate of drug-likeness (QED) is 0.560. The first-order valence-electron chi connectivity index (χ1n) is 8.32. The number of fused-ring (bicyclic) bond motifs is 1. The average molecular weight is 372 g/mol. The van der Waals surface area contributed by atoms with Crippen molar-refractivity contribution in [1.82, 2.24) is 5.32 Å². The summed E-state index contributed by atoms with van der Waals surface area (Å²) in [5.74, 6) is 1.17. The lowest BCUT2D eigenvalue weighted by atomic mass is 9.98. The number of aromatic hydroxyl groups is 1. The number of thiocarbonyl (C=S) groups is 1. The number of anilines is 1.